The van der Waals surface area contributed by atoms with Gasteiger partial charge >= 0.3 is 0 Å². The molecule has 17 heteroatoms. The average Bonchev–Trinajstić information content (AvgIpc) is 3.51. The number of hydrogen-bond donors (Lipinski definition) is 4. The minimum Gasteiger partial charge on any atom is -0.354 e. The quantitative estimate of drug-likeness (QED) is 0.287. The van der Waals surface area contributed by atoms with Crippen molar-refractivity contribution in [2.75, 3.05) is 37.2 Å². The van der Waals surface area contributed by atoms with Crippen molar-refractivity contribution < 1.29 is 32.4 Å². The number of rotatable bonds is 6. The van der Waals surface area contributed by atoms with Gasteiger partial charge in [0.15, 0.2) is 5.82 Å². The third-order valence-electron chi connectivity index (χ3n) is 8.41. The molecule has 0 spiro atoms. The zero-order valence-corrected chi connectivity index (χ0v) is 31.1. The van der Waals surface area contributed by atoms with Crippen LogP contribution in [0.15, 0.2) is 54.6 Å². The average molecular weight is 738 g/mol. The fraction of sp³-hybridized carbons (Fsp3) is 0.457. The summed E-state index contributed by atoms with van der Waals surface area (Å²) < 4.78 is 26.4. The molecule has 0 bridgehead atoms. The highest BCUT2D eigenvalue weighted by Gasteiger charge is 2.29. The molecule has 1 aromatic heterocycles. The number of amides is 5. The number of carbonyl (C=O) groups excluding carboxylic acids is 5. The maximum Gasteiger partial charge on any atom is 0.254 e. The van der Waals surface area contributed by atoms with Gasteiger partial charge in [0, 0.05) is 31.3 Å². The molecule has 280 valence electrons. The minimum absolute atomic E-state index is 0.0234. The lowest BCUT2D eigenvalue weighted by Crippen LogP contribution is -2.54. The Morgan fingerprint density at radius 2 is 1.58 bits per heavy atom. The number of benzene rings is 2. The van der Waals surface area contributed by atoms with Gasteiger partial charge < -0.3 is 26.2 Å². The molecule has 52 heavy (non-hydrogen) atoms. The van der Waals surface area contributed by atoms with E-state index in [1.165, 1.54) is 47.8 Å². The van der Waals surface area contributed by atoms with Crippen molar-refractivity contribution in [3.63, 3.8) is 0 Å². The van der Waals surface area contributed by atoms with Gasteiger partial charge in [-0.3, -0.25) is 28.3 Å². The van der Waals surface area contributed by atoms with Crippen LogP contribution in [-0.2, 0) is 35.7 Å². The van der Waals surface area contributed by atoms with Gasteiger partial charge in [-0.15, -0.1) is 0 Å². The maximum atomic E-state index is 13.6. The van der Waals surface area contributed by atoms with Crippen molar-refractivity contribution in [2.24, 2.45) is 5.92 Å². The number of fused-ring (bicyclic) bond motifs is 1. The van der Waals surface area contributed by atoms with Crippen LogP contribution in [0.4, 0.5) is 5.69 Å². The zero-order chi connectivity index (χ0) is 38.2. The van der Waals surface area contributed by atoms with Gasteiger partial charge in [0.1, 0.15) is 24.5 Å². The molecule has 0 saturated heterocycles. The van der Waals surface area contributed by atoms with E-state index in [2.05, 4.69) is 31.3 Å². The molecule has 5 amide bonds. The van der Waals surface area contributed by atoms with Crippen molar-refractivity contribution >= 4 is 45.2 Å². The maximum absolute atomic E-state index is 13.6. The van der Waals surface area contributed by atoms with Crippen molar-refractivity contribution in [1.82, 2.24) is 40.9 Å². The highest BCUT2D eigenvalue weighted by atomic mass is 32.2. The summed E-state index contributed by atoms with van der Waals surface area (Å²) in [6.45, 7) is 6.62. The van der Waals surface area contributed by atoms with Crippen LogP contribution in [0.25, 0.3) is 11.4 Å². The summed E-state index contributed by atoms with van der Waals surface area (Å²) in [6.07, 6.45) is 1.64. The predicted molar refractivity (Wildman–Crippen MR) is 194 cm³/mol. The lowest BCUT2D eigenvalue weighted by Gasteiger charge is -2.25. The largest absolute Gasteiger partial charge is 0.354 e. The number of carbonyl (C=O) groups is 5. The lowest BCUT2D eigenvalue weighted by molar-refractivity contribution is -0.132. The molecule has 4 N–H and O–H groups in total. The van der Waals surface area contributed by atoms with E-state index in [1.54, 1.807) is 6.92 Å². The van der Waals surface area contributed by atoms with Gasteiger partial charge in [-0.1, -0.05) is 44.2 Å². The fourth-order valence-corrected chi connectivity index (χ4v) is 6.04. The van der Waals surface area contributed by atoms with Crippen LogP contribution in [0.1, 0.15) is 62.8 Å². The summed E-state index contributed by atoms with van der Waals surface area (Å²) in [6, 6.07) is 12.4. The first-order valence-electron chi connectivity index (χ1n) is 17.0. The molecule has 0 radical (unpaired) electrons. The van der Waals surface area contributed by atoms with E-state index in [1.807, 2.05) is 44.2 Å². The Kier molecular flexibility index (Phi) is 13.1. The van der Waals surface area contributed by atoms with Crippen LogP contribution in [0.5, 0.6) is 0 Å². The van der Waals surface area contributed by atoms with Gasteiger partial charge in [0.2, 0.25) is 33.7 Å². The standard InChI is InChI=1S/C35H47N9O7S/c1-22(2)19-28-34(48)38-23(3)32-40-31(25-11-8-7-9-12-25)41-44(32)21-29(45)36-17-10-18-43(20-30(46)37-24(4)33(47)39-28)35(49)26-13-15-27(16-14-26)42(5)52(6,50)51/h7-9,11-16,22-24,28H,10,17-21H2,1-6H3,(H,36,45)(H,37,46)(H,38,48)(H,39,47)/t23-,24+,28+/m0/s1. The van der Waals surface area contributed by atoms with Crippen LogP contribution in [0.3, 0.4) is 0 Å². The molecule has 0 fully saturated rings. The molecule has 2 heterocycles. The second-order valence-electron chi connectivity index (χ2n) is 13.2. The summed E-state index contributed by atoms with van der Waals surface area (Å²) >= 11 is 0. The van der Waals surface area contributed by atoms with Gasteiger partial charge in [-0.25, -0.2) is 18.1 Å². The number of nitrogens with one attached hydrogen (secondary N) is 4. The highest BCUT2D eigenvalue weighted by molar-refractivity contribution is 7.92. The van der Waals surface area contributed by atoms with Crippen LogP contribution >= 0.6 is 0 Å². The van der Waals surface area contributed by atoms with Gasteiger partial charge in [0.25, 0.3) is 5.91 Å². The topological polar surface area (TPSA) is 205 Å². The minimum atomic E-state index is -3.53. The lowest BCUT2D eigenvalue weighted by atomic mass is 10.0. The highest BCUT2D eigenvalue weighted by Crippen LogP contribution is 2.20. The second-order valence-corrected chi connectivity index (χ2v) is 15.2. The monoisotopic (exact) mass is 737 g/mol. The van der Waals surface area contributed by atoms with Crippen molar-refractivity contribution in [3.8, 4) is 11.4 Å². The van der Waals surface area contributed by atoms with Crippen molar-refractivity contribution in [1.29, 1.82) is 0 Å². The van der Waals surface area contributed by atoms with E-state index in [4.69, 9.17) is 0 Å². The Hall–Kier alpha value is -5.32. The summed E-state index contributed by atoms with van der Waals surface area (Å²) in [4.78, 5) is 72.9. The first-order valence-corrected chi connectivity index (χ1v) is 18.9. The molecule has 4 rings (SSSR count). The molecule has 1 aliphatic heterocycles. The Labute approximate surface area is 303 Å². The predicted octanol–water partition coefficient (Wildman–Crippen LogP) is 1.22. The SMILES string of the molecule is CC(C)C[C@H]1NC(=O)[C@@H](C)NC(=O)CN(C(=O)c2ccc(N(C)S(C)(=O)=O)cc2)CCCNC(=O)Cn2nc(-c3ccccc3)nc2[C@H](C)NC1=O. The number of anilines is 1. The van der Waals surface area contributed by atoms with Gasteiger partial charge in [0.05, 0.1) is 24.5 Å². The van der Waals surface area contributed by atoms with Crippen LogP contribution < -0.4 is 25.6 Å². The summed E-state index contributed by atoms with van der Waals surface area (Å²) in [5.41, 5.74) is 1.27. The van der Waals surface area contributed by atoms with E-state index < -0.39 is 58.3 Å². The number of hydrogen-bond acceptors (Lipinski definition) is 9. The normalized spacial score (nSPS) is 20.0. The van der Waals surface area contributed by atoms with Crippen LogP contribution in [0.2, 0.25) is 0 Å². The molecule has 16 nitrogen and oxygen atoms in total. The summed E-state index contributed by atoms with van der Waals surface area (Å²) in [5.74, 6) is -1.85. The molecule has 2 aromatic carbocycles. The summed E-state index contributed by atoms with van der Waals surface area (Å²) in [7, 11) is -2.14. The molecular formula is C35H47N9O7S. The van der Waals surface area contributed by atoms with Crippen LogP contribution in [-0.4, -0.2) is 103 Å². The zero-order valence-electron chi connectivity index (χ0n) is 30.3. The molecule has 3 aromatic rings. The molecule has 1 aliphatic rings. The fourth-order valence-electron chi connectivity index (χ4n) is 5.53. The van der Waals surface area contributed by atoms with Crippen molar-refractivity contribution in [2.45, 2.75) is 65.2 Å². The smallest absolute Gasteiger partial charge is 0.254 e. The van der Waals surface area contributed by atoms with Crippen LogP contribution in [0, 0.1) is 5.92 Å². The van der Waals surface area contributed by atoms with E-state index >= 15 is 0 Å². The first-order chi connectivity index (χ1) is 24.5. The number of sulfonamides is 1. The number of nitrogens with zero attached hydrogens (tertiary/aromatic N) is 5. The second kappa shape index (κ2) is 17.3. The molecule has 0 unspecified atom stereocenters. The Balaban J connectivity index is 1.62. The van der Waals surface area contributed by atoms with Gasteiger partial charge in [-0.2, -0.15) is 5.10 Å². The van der Waals surface area contributed by atoms with Gasteiger partial charge in [-0.05, 0) is 56.9 Å². The molecule has 0 saturated carbocycles. The van der Waals surface area contributed by atoms with E-state index in [9.17, 15) is 32.4 Å². The third kappa shape index (κ3) is 10.6. The first kappa shape index (κ1) is 39.5. The molecular weight excluding hydrogens is 691 g/mol. The number of aromatic nitrogens is 3. The molecule has 0 aliphatic carbocycles. The Morgan fingerprint density at radius 3 is 2.21 bits per heavy atom. The molecule has 3 atom stereocenters. The third-order valence-corrected chi connectivity index (χ3v) is 9.61. The Morgan fingerprint density at radius 1 is 0.904 bits per heavy atom. The Bertz CT molecular complexity index is 1860. The van der Waals surface area contributed by atoms with E-state index in [0.717, 1.165) is 16.1 Å². The van der Waals surface area contributed by atoms with E-state index in [-0.39, 0.29) is 43.4 Å². The van der Waals surface area contributed by atoms with E-state index in [0.29, 0.717) is 23.8 Å². The summed E-state index contributed by atoms with van der Waals surface area (Å²) in [5, 5.41) is 15.7. The van der Waals surface area contributed by atoms with Crippen molar-refractivity contribution in [3.05, 3.63) is 66.0 Å².